The number of nitrogens with one attached hydrogen (secondary N) is 1. The third-order valence-corrected chi connectivity index (χ3v) is 5.40. The Balaban J connectivity index is 2.83. The lowest BCUT2D eigenvalue weighted by atomic mass is 9.80. The average molecular weight is 321 g/mol. The van der Waals surface area contributed by atoms with E-state index >= 15 is 0 Å². The molecule has 1 aromatic rings. The molecule has 0 aliphatic rings. The van der Waals surface area contributed by atoms with Crippen LogP contribution < -0.4 is 4.72 Å². The lowest BCUT2D eigenvalue weighted by molar-refractivity contribution is 0.170. The fourth-order valence-electron chi connectivity index (χ4n) is 2.03. The molecule has 0 radical (unpaired) electrons. The van der Waals surface area contributed by atoms with Crippen molar-refractivity contribution in [1.82, 2.24) is 9.71 Å². The summed E-state index contributed by atoms with van der Waals surface area (Å²) in [5.74, 6) is 0. The monoisotopic (exact) mass is 320 g/mol. The number of nitrogens with zero attached hydrogens (tertiary/aromatic N) is 1. The fourth-order valence-corrected chi connectivity index (χ4v) is 3.25. The number of aromatic nitrogens is 1. The minimum Gasteiger partial charge on any atom is -0.396 e. The third-order valence-electron chi connectivity index (χ3n) is 3.79. The van der Waals surface area contributed by atoms with Crippen LogP contribution in [0.4, 0.5) is 0 Å². The third kappa shape index (κ3) is 4.41. The number of hydrogen-bond donors (Lipinski definition) is 2. The van der Waals surface area contributed by atoms with Gasteiger partial charge in [-0.15, -0.1) is 0 Å². The van der Waals surface area contributed by atoms with Gasteiger partial charge in [0.15, 0.2) is 0 Å². The van der Waals surface area contributed by atoms with Crippen LogP contribution in [0.15, 0.2) is 23.2 Å². The Morgan fingerprint density at radius 3 is 2.45 bits per heavy atom. The Morgan fingerprint density at radius 1 is 1.35 bits per heavy atom. The van der Waals surface area contributed by atoms with Gasteiger partial charge in [-0.05, 0) is 36.8 Å². The Hall–Kier alpha value is -0.690. The van der Waals surface area contributed by atoms with Crippen molar-refractivity contribution in [1.29, 1.82) is 0 Å². The van der Waals surface area contributed by atoms with Gasteiger partial charge in [-0.2, -0.15) is 0 Å². The second-order valence-corrected chi connectivity index (χ2v) is 6.98. The summed E-state index contributed by atoms with van der Waals surface area (Å²) >= 11 is 5.64. The zero-order valence-corrected chi connectivity index (χ0v) is 13.3. The van der Waals surface area contributed by atoms with Crippen LogP contribution in [0, 0.1) is 5.41 Å². The molecule has 2 N–H and O–H groups in total. The van der Waals surface area contributed by atoms with E-state index in [4.69, 9.17) is 16.7 Å². The summed E-state index contributed by atoms with van der Waals surface area (Å²) in [4.78, 5) is 3.86. The molecule has 0 fully saturated rings. The molecular weight excluding hydrogens is 300 g/mol. The largest absolute Gasteiger partial charge is 0.396 e. The molecule has 0 saturated heterocycles. The molecule has 0 aliphatic heterocycles. The van der Waals surface area contributed by atoms with Crippen LogP contribution in [0.5, 0.6) is 0 Å². The summed E-state index contributed by atoms with van der Waals surface area (Å²) in [6.07, 6.45) is 3.40. The minimum atomic E-state index is -3.60. The summed E-state index contributed by atoms with van der Waals surface area (Å²) < 4.78 is 26.9. The summed E-state index contributed by atoms with van der Waals surface area (Å²) in [5, 5.41) is 9.39. The Morgan fingerprint density at radius 2 is 2.00 bits per heavy atom. The summed E-state index contributed by atoms with van der Waals surface area (Å²) in [7, 11) is -3.60. The maximum atomic E-state index is 12.2. The van der Waals surface area contributed by atoms with E-state index in [1.165, 1.54) is 18.3 Å². The predicted molar refractivity (Wildman–Crippen MR) is 79.2 cm³/mol. The van der Waals surface area contributed by atoms with E-state index in [-0.39, 0.29) is 22.1 Å². The van der Waals surface area contributed by atoms with Gasteiger partial charge in [0.1, 0.15) is 10.0 Å². The molecule has 0 aromatic carbocycles. The number of halogens is 1. The fraction of sp³-hybridized carbons (Fsp3) is 0.615. The molecule has 114 valence electrons. The molecule has 0 unspecified atom stereocenters. The van der Waals surface area contributed by atoms with Crippen LogP contribution >= 0.6 is 11.6 Å². The lowest BCUT2D eigenvalue weighted by Crippen LogP contribution is -2.37. The molecule has 0 amide bonds. The molecule has 0 bridgehead atoms. The first kappa shape index (κ1) is 17.4. The van der Waals surface area contributed by atoms with Gasteiger partial charge in [0.2, 0.25) is 10.0 Å². The molecule has 0 spiro atoms. The Kier molecular flexibility index (Phi) is 6.39. The quantitative estimate of drug-likeness (QED) is 0.720. The highest BCUT2D eigenvalue weighted by Gasteiger charge is 2.28. The number of rotatable bonds is 8. The van der Waals surface area contributed by atoms with Crippen LogP contribution in [0.2, 0.25) is 5.15 Å². The predicted octanol–water partition coefficient (Wildman–Crippen LogP) is 2.20. The molecule has 1 aromatic heterocycles. The van der Waals surface area contributed by atoms with E-state index in [1.807, 2.05) is 13.8 Å². The SMILES string of the molecule is CCC(CC)(CCO)CNS(=O)(=O)c1ccc(Cl)nc1. The highest BCUT2D eigenvalue weighted by molar-refractivity contribution is 7.89. The van der Waals surface area contributed by atoms with E-state index in [2.05, 4.69) is 9.71 Å². The maximum Gasteiger partial charge on any atom is 0.242 e. The summed E-state index contributed by atoms with van der Waals surface area (Å²) in [6, 6.07) is 2.86. The van der Waals surface area contributed by atoms with Crippen LogP contribution in [0.25, 0.3) is 0 Å². The molecule has 1 rings (SSSR count). The van der Waals surface area contributed by atoms with Crippen molar-refractivity contribution in [3.8, 4) is 0 Å². The number of hydrogen-bond acceptors (Lipinski definition) is 4. The molecule has 7 heteroatoms. The highest BCUT2D eigenvalue weighted by atomic mass is 35.5. The van der Waals surface area contributed by atoms with Crippen LogP contribution in [-0.2, 0) is 10.0 Å². The zero-order valence-electron chi connectivity index (χ0n) is 11.8. The number of aliphatic hydroxyl groups is 1. The van der Waals surface area contributed by atoms with Crippen molar-refractivity contribution in [3.63, 3.8) is 0 Å². The molecule has 0 atom stereocenters. The van der Waals surface area contributed by atoms with Gasteiger partial charge in [-0.25, -0.2) is 18.1 Å². The van der Waals surface area contributed by atoms with Gasteiger partial charge in [0.05, 0.1) is 0 Å². The van der Waals surface area contributed by atoms with Crippen molar-refractivity contribution in [2.24, 2.45) is 5.41 Å². The standard InChI is InChI=1S/C13H21ClN2O3S/c1-3-13(4-2,7-8-17)10-16-20(18,19)11-5-6-12(14)15-9-11/h5-6,9,16-17H,3-4,7-8,10H2,1-2H3. The number of aliphatic hydroxyl groups excluding tert-OH is 1. The maximum absolute atomic E-state index is 12.2. The van der Waals surface area contributed by atoms with E-state index in [0.717, 1.165) is 12.8 Å². The van der Waals surface area contributed by atoms with Crippen LogP contribution in [0.1, 0.15) is 33.1 Å². The van der Waals surface area contributed by atoms with Gasteiger partial charge < -0.3 is 5.11 Å². The van der Waals surface area contributed by atoms with Gasteiger partial charge in [-0.1, -0.05) is 25.4 Å². The van der Waals surface area contributed by atoms with Gasteiger partial charge in [0, 0.05) is 19.3 Å². The van der Waals surface area contributed by atoms with Crippen molar-refractivity contribution in [3.05, 3.63) is 23.5 Å². The average Bonchev–Trinajstić information content (AvgIpc) is 2.44. The van der Waals surface area contributed by atoms with Crippen LogP contribution in [-0.4, -0.2) is 31.7 Å². The molecule has 5 nitrogen and oxygen atoms in total. The van der Waals surface area contributed by atoms with E-state index in [1.54, 1.807) is 0 Å². The van der Waals surface area contributed by atoms with Crippen molar-refractivity contribution in [2.75, 3.05) is 13.2 Å². The minimum absolute atomic E-state index is 0.0475. The summed E-state index contributed by atoms with van der Waals surface area (Å²) in [6.45, 7) is 4.34. The van der Waals surface area contributed by atoms with E-state index in [9.17, 15) is 8.42 Å². The molecular formula is C13H21ClN2O3S. The normalized spacial score (nSPS) is 12.6. The van der Waals surface area contributed by atoms with Crippen molar-refractivity contribution >= 4 is 21.6 Å². The Labute approximate surface area is 125 Å². The van der Waals surface area contributed by atoms with E-state index < -0.39 is 10.0 Å². The number of sulfonamides is 1. The molecule has 1 heterocycles. The van der Waals surface area contributed by atoms with E-state index in [0.29, 0.717) is 13.0 Å². The Bertz CT molecular complexity index is 513. The van der Waals surface area contributed by atoms with Gasteiger partial charge in [0.25, 0.3) is 0 Å². The molecule has 20 heavy (non-hydrogen) atoms. The first-order valence-electron chi connectivity index (χ1n) is 6.61. The van der Waals surface area contributed by atoms with Gasteiger partial charge >= 0.3 is 0 Å². The topological polar surface area (TPSA) is 79.3 Å². The lowest BCUT2D eigenvalue weighted by Gasteiger charge is -2.31. The smallest absolute Gasteiger partial charge is 0.242 e. The first-order valence-corrected chi connectivity index (χ1v) is 8.47. The zero-order chi connectivity index (χ0) is 15.2. The van der Waals surface area contributed by atoms with Crippen molar-refractivity contribution < 1.29 is 13.5 Å². The van der Waals surface area contributed by atoms with Crippen LogP contribution in [0.3, 0.4) is 0 Å². The summed E-state index contributed by atoms with van der Waals surface area (Å²) in [5.41, 5.74) is -0.221. The highest BCUT2D eigenvalue weighted by Crippen LogP contribution is 2.29. The van der Waals surface area contributed by atoms with Gasteiger partial charge in [-0.3, -0.25) is 0 Å². The second-order valence-electron chi connectivity index (χ2n) is 4.82. The van der Waals surface area contributed by atoms with Crippen molar-refractivity contribution in [2.45, 2.75) is 38.0 Å². The first-order chi connectivity index (χ1) is 9.39. The second kappa shape index (κ2) is 7.36. The number of pyridine rings is 1. The molecule has 0 saturated carbocycles. The molecule has 0 aliphatic carbocycles.